The van der Waals surface area contributed by atoms with Crippen molar-refractivity contribution in [2.75, 3.05) is 13.1 Å². The van der Waals surface area contributed by atoms with Crippen LogP contribution in [-0.2, 0) is 6.42 Å². The van der Waals surface area contributed by atoms with Crippen molar-refractivity contribution in [2.24, 2.45) is 5.92 Å². The van der Waals surface area contributed by atoms with Gasteiger partial charge in [0.05, 0.1) is 22.9 Å². The number of β-amino-alcohol motifs (C(OH)–C–C–N with tert-alkyl or cyclic N) is 1. The Hall–Kier alpha value is -2.80. The largest absolute Gasteiger partial charge is 0.391 e. The van der Waals surface area contributed by atoms with E-state index in [4.69, 9.17) is 4.52 Å². The number of amides is 1. The third-order valence-corrected chi connectivity index (χ3v) is 4.56. The number of rotatable bonds is 3. The van der Waals surface area contributed by atoms with Crippen LogP contribution < -0.4 is 0 Å². The van der Waals surface area contributed by atoms with Crippen molar-refractivity contribution >= 4 is 16.9 Å². The van der Waals surface area contributed by atoms with E-state index in [-0.39, 0.29) is 11.8 Å². The van der Waals surface area contributed by atoms with Gasteiger partial charge in [-0.2, -0.15) is 0 Å². The monoisotopic (exact) mass is 338 g/mol. The number of aromatic nitrogens is 3. The van der Waals surface area contributed by atoms with E-state index in [0.29, 0.717) is 36.1 Å². The molecule has 1 aromatic carbocycles. The standard InChI is InChI=1S/C18H18N4O3/c1-11-7-13(25-21-11)8-12-9-22(10-16(12)23)18(24)14-3-2-4-15-17(14)20-6-5-19-15/h2-7,12,16,23H,8-10H2,1H3/t12-,16+/m1/s1. The van der Waals surface area contributed by atoms with E-state index < -0.39 is 6.10 Å². The van der Waals surface area contributed by atoms with Crippen LogP contribution in [0.4, 0.5) is 0 Å². The van der Waals surface area contributed by atoms with Crippen molar-refractivity contribution in [3.63, 3.8) is 0 Å². The molecule has 1 aliphatic heterocycles. The maximum absolute atomic E-state index is 12.9. The predicted octanol–water partition coefficient (Wildman–Crippen LogP) is 1.60. The smallest absolute Gasteiger partial charge is 0.256 e. The first-order chi connectivity index (χ1) is 12.1. The first-order valence-electron chi connectivity index (χ1n) is 8.21. The molecular weight excluding hydrogens is 320 g/mol. The zero-order chi connectivity index (χ0) is 17.4. The fourth-order valence-electron chi connectivity index (χ4n) is 3.33. The highest BCUT2D eigenvalue weighted by atomic mass is 16.5. The summed E-state index contributed by atoms with van der Waals surface area (Å²) < 4.78 is 5.23. The second kappa shape index (κ2) is 6.25. The minimum atomic E-state index is -0.588. The summed E-state index contributed by atoms with van der Waals surface area (Å²) in [6.45, 7) is 2.62. The van der Waals surface area contributed by atoms with Crippen molar-refractivity contribution in [3.05, 3.63) is 53.7 Å². The summed E-state index contributed by atoms with van der Waals surface area (Å²) in [5.41, 5.74) is 2.58. The third-order valence-electron chi connectivity index (χ3n) is 4.56. The number of carbonyl (C=O) groups excluding carboxylic acids is 1. The first-order valence-corrected chi connectivity index (χ1v) is 8.21. The van der Waals surface area contributed by atoms with Gasteiger partial charge in [0.1, 0.15) is 11.3 Å². The highest BCUT2D eigenvalue weighted by Gasteiger charge is 2.35. The molecule has 128 valence electrons. The molecule has 2 aromatic heterocycles. The van der Waals surface area contributed by atoms with Gasteiger partial charge in [0, 0.05) is 43.9 Å². The molecule has 1 N–H and O–H groups in total. The number of hydrogen-bond donors (Lipinski definition) is 1. The van der Waals surface area contributed by atoms with Gasteiger partial charge in [0.15, 0.2) is 0 Å². The summed E-state index contributed by atoms with van der Waals surface area (Å²) in [5, 5.41) is 14.2. The first kappa shape index (κ1) is 15.7. The Balaban J connectivity index is 1.55. The summed E-state index contributed by atoms with van der Waals surface area (Å²) in [7, 11) is 0. The normalized spacial score (nSPS) is 20.3. The minimum absolute atomic E-state index is 0.0719. The summed E-state index contributed by atoms with van der Waals surface area (Å²) in [6.07, 6.45) is 3.15. The average molecular weight is 338 g/mol. The average Bonchev–Trinajstić information content (AvgIpc) is 3.20. The maximum Gasteiger partial charge on any atom is 0.256 e. The lowest BCUT2D eigenvalue weighted by Crippen LogP contribution is -2.30. The molecule has 25 heavy (non-hydrogen) atoms. The molecule has 0 unspecified atom stereocenters. The van der Waals surface area contributed by atoms with Crippen molar-refractivity contribution in [1.29, 1.82) is 0 Å². The molecule has 7 heteroatoms. The van der Waals surface area contributed by atoms with Crippen LogP contribution in [0.25, 0.3) is 11.0 Å². The van der Waals surface area contributed by atoms with E-state index in [1.54, 1.807) is 29.4 Å². The molecule has 0 radical (unpaired) electrons. The van der Waals surface area contributed by atoms with Gasteiger partial charge in [-0.15, -0.1) is 0 Å². The van der Waals surface area contributed by atoms with Gasteiger partial charge in [-0.3, -0.25) is 14.8 Å². The van der Waals surface area contributed by atoms with Crippen molar-refractivity contribution in [1.82, 2.24) is 20.0 Å². The third kappa shape index (κ3) is 2.98. The predicted molar refractivity (Wildman–Crippen MR) is 89.9 cm³/mol. The molecule has 0 aliphatic carbocycles. The molecule has 4 rings (SSSR count). The zero-order valence-corrected chi connectivity index (χ0v) is 13.8. The van der Waals surface area contributed by atoms with Crippen LogP contribution in [-0.4, -0.2) is 50.2 Å². The van der Waals surface area contributed by atoms with Crippen LogP contribution >= 0.6 is 0 Å². The maximum atomic E-state index is 12.9. The topological polar surface area (TPSA) is 92.4 Å². The van der Waals surface area contributed by atoms with Crippen LogP contribution in [0.3, 0.4) is 0 Å². The van der Waals surface area contributed by atoms with Gasteiger partial charge in [-0.05, 0) is 19.1 Å². The van der Waals surface area contributed by atoms with E-state index in [1.807, 2.05) is 19.1 Å². The minimum Gasteiger partial charge on any atom is -0.391 e. The van der Waals surface area contributed by atoms with Gasteiger partial charge < -0.3 is 14.5 Å². The van der Waals surface area contributed by atoms with E-state index in [2.05, 4.69) is 15.1 Å². The number of para-hydroxylation sites is 1. The number of aryl methyl sites for hydroxylation is 1. The Bertz CT molecular complexity index is 918. The molecule has 0 bridgehead atoms. The number of hydrogen-bond acceptors (Lipinski definition) is 6. The van der Waals surface area contributed by atoms with Crippen molar-refractivity contribution < 1.29 is 14.4 Å². The lowest BCUT2D eigenvalue weighted by molar-refractivity contribution is 0.0766. The SMILES string of the molecule is Cc1cc(C[C@@H]2CN(C(=O)c3cccc4nccnc34)C[C@@H]2O)on1. The van der Waals surface area contributed by atoms with E-state index in [9.17, 15) is 9.90 Å². The number of benzene rings is 1. The molecule has 0 spiro atoms. The molecule has 7 nitrogen and oxygen atoms in total. The van der Waals surface area contributed by atoms with Gasteiger partial charge >= 0.3 is 0 Å². The van der Waals surface area contributed by atoms with Gasteiger partial charge in [0.25, 0.3) is 5.91 Å². The Kier molecular flexibility index (Phi) is 3.93. The fourth-order valence-corrected chi connectivity index (χ4v) is 3.33. The summed E-state index contributed by atoms with van der Waals surface area (Å²) in [5.74, 6) is 0.519. The molecule has 0 saturated carbocycles. The van der Waals surface area contributed by atoms with Gasteiger partial charge in [-0.25, -0.2) is 0 Å². The fraction of sp³-hybridized carbons (Fsp3) is 0.333. The summed E-state index contributed by atoms with van der Waals surface area (Å²) in [4.78, 5) is 23.1. The second-order valence-electron chi connectivity index (χ2n) is 6.41. The molecule has 1 saturated heterocycles. The Morgan fingerprint density at radius 1 is 1.32 bits per heavy atom. The van der Waals surface area contributed by atoms with Crippen molar-refractivity contribution in [2.45, 2.75) is 19.4 Å². The number of carbonyl (C=O) groups is 1. The van der Waals surface area contributed by atoms with Crippen LogP contribution in [0.5, 0.6) is 0 Å². The van der Waals surface area contributed by atoms with Crippen molar-refractivity contribution in [3.8, 4) is 0 Å². The molecule has 2 atom stereocenters. The number of likely N-dealkylation sites (tertiary alicyclic amines) is 1. The lowest BCUT2D eigenvalue weighted by atomic mass is 10.0. The van der Waals surface area contributed by atoms with Crippen LogP contribution in [0.15, 0.2) is 41.2 Å². The highest BCUT2D eigenvalue weighted by Crippen LogP contribution is 2.25. The summed E-state index contributed by atoms with van der Waals surface area (Å²) >= 11 is 0. The van der Waals surface area contributed by atoms with Crippen LogP contribution in [0, 0.1) is 12.8 Å². The Labute approximate surface area is 144 Å². The summed E-state index contributed by atoms with van der Waals surface area (Å²) in [6, 6.07) is 7.23. The molecule has 1 fully saturated rings. The molecule has 1 amide bonds. The van der Waals surface area contributed by atoms with Gasteiger partial charge in [-0.1, -0.05) is 11.2 Å². The Morgan fingerprint density at radius 2 is 2.16 bits per heavy atom. The number of aliphatic hydroxyl groups is 1. The van der Waals surface area contributed by atoms with E-state index in [1.165, 1.54) is 0 Å². The van der Waals surface area contributed by atoms with E-state index >= 15 is 0 Å². The van der Waals surface area contributed by atoms with Crippen LogP contribution in [0.2, 0.25) is 0 Å². The highest BCUT2D eigenvalue weighted by molar-refractivity contribution is 6.04. The number of aliphatic hydroxyl groups excluding tert-OH is 1. The number of nitrogens with zero attached hydrogens (tertiary/aromatic N) is 4. The Morgan fingerprint density at radius 3 is 2.96 bits per heavy atom. The quantitative estimate of drug-likeness (QED) is 0.780. The zero-order valence-electron chi connectivity index (χ0n) is 13.8. The van der Waals surface area contributed by atoms with Gasteiger partial charge in [0.2, 0.25) is 0 Å². The lowest BCUT2D eigenvalue weighted by Gasteiger charge is -2.16. The second-order valence-corrected chi connectivity index (χ2v) is 6.41. The molecular formula is C18H18N4O3. The molecule has 3 aromatic rings. The van der Waals surface area contributed by atoms with Crippen LogP contribution in [0.1, 0.15) is 21.8 Å². The molecule has 1 aliphatic rings. The number of fused-ring (bicyclic) bond motifs is 1. The molecule has 3 heterocycles. The van der Waals surface area contributed by atoms with E-state index in [0.717, 1.165) is 11.5 Å².